The molecule has 0 fully saturated rings. The summed E-state index contributed by atoms with van der Waals surface area (Å²) in [6.45, 7) is 8.45. The first kappa shape index (κ1) is 13.8. The van der Waals surface area contributed by atoms with E-state index in [1.807, 2.05) is 13.8 Å². The molecule has 0 aliphatic rings. The van der Waals surface area contributed by atoms with E-state index in [1.54, 1.807) is 6.92 Å². The molecule has 4 heteroatoms. The van der Waals surface area contributed by atoms with Crippen molar-refractivity contribution in [3.63, 3.8) is 0 Å². The van der Waals surface area contributed by atoms with Crippen LogP contribution in [0.1, 0.15) is 27.2 Å². The molecule has 0 amide bonds. The third-order valence-corrected chi connectivity index (χ3v) is 1.76. The smallest absolute Gasteiger partial charge is 0.169 e. The van der Waals surface area contributed by atoms with E-state index in [0.717, 1.165) is 13.0 Å². The Morgan fingerprint density at radius 3 is 2.21 bits per heavy atom. The van der Waals surface area contributed by atoms with Gasteiger partial charge in [-0.1, -0.05) is 0 Å². The highest BCUT2D eigenvalue weighted by molar-refractivity contribution is 4.54. The summed E-state index contributed by atoms with van der Waals surface area (Å²) in [4.78, 5) is 0. The number of nitrogens with one attached hydrogen (secondary N) is 1. The van der Waals surface area contributed by atoms with E-state index in [4.69, 9.17) is 14.6 Å². The fourth-order valence-electron chi connectivity index (χ4n) is 1.07. The molecular formula is C10H23NO3. The fraction of sp³-hybridized carbons (Fsp3) is 1.00. The largest absolute Gasteiger partial charge is 0.393 e. The molecule has 0 bridgehead atoms. The van der Waals surface area contributed by atoms with Crippen LogP contribution < -0.4 is 5.32 Å². The molecule has 86 valence electrons. The molecule has 14 heavy (non-hydrogen) atoms. The minimum atomic E-state index is -0.250. The Balaban J connectivity index is 3.40. The van der Waals surface area contributed by atoms with Crippen LogP contribution in [0.3, 0.4) is 0 Å². The average molecular weight is 205 g/mol. The Bertz CT molecular complexity index is 114. The van der Waals surface area contributed by atoms with Gasteiger partial charge in [-0.3, -0.25) is 0 Å². The summed E-state index contributed by atoms with van der Waals surface area (Å²) in [5, 5.41) is 12.2. The van der Waals surface area contributed by atoms with Gasteiger partial charge in [0.15, 0.2) is 6.29 Å². The number of hydrogen-bond donors (Lipinski definition) is 2. The normalized spacial score (nSPS) is 13.5. The topological polar surface area (TPSA) is 50.7 Å². The average Bonchev–Trinajstić information content (AvgIpc) is 2.12. The third-order valence-electron chi connectivity index (χ3n) is 1.76. The molecule has 0 aromatic rings. The van der Waals surface area contributed by atoms with Gasteiger partial charge in [-0.25, -0.2) is 0 Å². The lowest BCUT2D eigenvalue weighted by atomic mass is 10.3. The summed E-state index contributed by atoms with van der Waals surface area (Å²) in [5.74, 6) is 0. The summed E-state index contributed by atoms with van der Waals surface area (Å²) in [5.41, 5.74) is 0. The Hall–Kier alpha value is -0.160. The second kappa shape index (κ2) is 9.40. The van der Waals surface area contributed by atoms with Crippen molar-refractivity contribution in [2.75, 3.05) is 26.3 Å². The number of aliphatic hydroxyl groups is 1. The van der Waals surface area contributed by atoms with Crippen LogP contribution in [0.5, 0.6) is 0 Å². The first-order valence-electron chi connectivity index (χ1n) is 5.32. The van der Waals surface area contributed by atoms with E-state index in [2.05, 4.69) is 5.32 Å². The van der Waals surface area contributed by atoms with Gasteiger partial charge < -0.3 is 19.9 Å². The molecule has 1 unspecified atom stereocenters. The summed E-state index contributed by atoms with van der Waals surface area (Å²) >= 11 is 0. The lowest BCUT2D eigenvalue weighted by Crippen LogP contribution is -2.33. The van der Waals surface area contributed by atoms with Crippen LogP contribution in [-0.2, 0) is 9.47 Å². The van der Waals surface area contributed by atoms with Gasteiger partial charge in [0.1, 0.15) is 0 Å². The van der Waals surface area contributed by atoms with Crippen LogP contribution >= 0.6 is 0 Å². The SMILES string of the molecule is CCOC(CNCCC(C)O)OCC. The standard InChI is InChI=1S/C10H23NO3/c1-4-13-10(14-5-2)8-11-7-6-9(3)12/h9-12H,4-8H2,1-3H3. The molecule has 0 aliphatic heterocycles. The molecule has 0 saturated heterocycles. The summed E-state index contributed by atoms with van der Waals surface area (Å²) in [6, 6.07) is 0. The van der Waals surface area contributed by atoms with Gasteiger partial charge >= 0.3 is 0 Å². The summed E-state index contributed by atoms with van der Waals surface area (Å²) < 4.78 is 10.7. The molecule has 0 aliphatic carbocycles. The molecule has 0 saturated carbocycles. The van der Waals surface area contributed by atoms with Gasteiger partial charge in [-0.2, -0.15) is 0 Å². The number of aliphatic hydroxyl groups excluding tert-OH is 1. The molecule has 0 aromatic heterocycles. The van der Waals surface area contributed by atoms with Crippen LogP contribution in [0.15, 0.2) is 0 Å². The molecule has 4 nitrogen and oxygen atoms in total. The molecule has 0 radical (unpaired) electrons. The number of rotatable bonds is 9. The van der Waals surface area contributed by atoms with Gasteiger partial charge in [0.25, 0.3) is 0 Å². The van der Waals surface area contributed by atoms with E-state index in [9.17, 15) is 0 Å². The Labute approximate surface area is 86.6 Å². The number of hydrogen-bond acceptors (Lipinski definition) is 4. The predicted octanol–water partition coefficient (Wildman–Crippen LogP) is 0.746. The van der Waals surface area contributed by atoms with Crippen LogP contribution in [0, 0.1) is 0 Å². The van der Waals surface area contributed by atoms with Crippen molar-refractivity contribution >= 4 is 0 Å². The van der Waals surface area contributed by atoms with Crippen molar-refractivity contribution in [3.05, 3.63) is 0 Å². The molecule has 1 atom stereocenters. The summed E-state index contributed by atoms with van der Waals surface area (Å²) in [6.07, 6.45) is 0.337. The lowest BCUT2D eigenvalue weighted by molar-refractivity contribution is -0.132. The highest BCUT2D eigenvalue weighted by Crippen LogP contribution is 1.93. The van der Waals surface area contributed by atoms with E-state index in [1.165, 1.54) is 0 Å². The first-order valence-corrected chi connectivity index (χ1v) is 5.32. The Morgan fingerprint density at radius 2 is 1.79 bits per heavy atom. The first-order chi connectivity index (χ1) is 6.70. The van der Waals surface area contributed by atoms with Crippen molar-refractivity contribution in [2.45, 2.75) is 39.6 Å². The molecule has 0 heterocycles. The van der Waals surface area contributed by atoms with Crippen molar-refractivity contribution in [1.29, 1.82) is 0 Å². The summed E-state index contributed by atoms with van der Waals surface area (Å²) in [7, 11) is 0. The van der Waals surface area contributed by atoms with Crippen molar-refractivity contribution in [2.24, 2.45) is 0 Å². The van der Waals surface area contributed by atoms with Gasteiger partial charge in [0.05, 0.1) is 6.10 Å². The van der Waals surface area contributed by atoms with Crippen LogP contribution in [-0.4, -0.2) is 43.8 Å². The number of ether oxygens (including phenoxy) is 2. The maximum absolute atomic E-state index is 9.02. The quantitative estimate of drug-likeness (QED) is 0.431. The fourth-order valence-corrected chi connectivity index (χ4v) is 1.07. The van der Waals surface area contributed by atoms with Crippen LogP contribution in [0.25, 0.3) is 0 Å². The van der Waals surface area contributed by atoms with Crippen molar-refractivity contribution < 1.29 is 14.6 Å². The minimum absolute atomic E-state index is 0.168. The van der Waals surface area contributed by atoms with Gasteiger partial charge in [-0.15, -0.1) is 0 Å². The second-order valence-corrected chi connectivity index (χ2v) is 3.18. The van der Waals surface area contributed by atoms with Gasteiger partial charge in [0.2, 0.25) is 0 Å². The van der Waals surface area contributed by atoms with E-state index < -0.39 is 0 Å². The zero-order valence-corrected chi connectivity index (χ0v) is 9.45. The Kier molecular flexibility index (Phi) is 9.29. The highest BCUT2D eigenvalue weighted by atomic mass is 16.7. The van der Waals surface area contributed by atoms with Gasteiger partial charge in [0, 0.05) is 19.8 Å². The zero-order valence-electron chi connectivity index (χ0n) is 9.45. The minimum Gasteiger partial charge on any atom is -0.393 e. The van der Waals surface area contributed by atoms with Gasteiger partial charge in [-0.05, 0) is 33.7 Å². The second-order valence-electron chi connectivity index (χ2n) is 3.18. The molecule has 2 N–H and O–H groups in total. The predicted molar refractivity (Wildman–Crippen MR) is 56.2 cm³/mol. The highest BCUT2D eigenvalue weighted by Gasteiger charge is 2.06. The van der Waals surface area contributed by atoms with Crippen LogP contribution in [0.2, 0.25) is 0 Å². The molecule has 0 aromatic carbocycles. The zero-order chi connectivity index (χ0) is 10.8. The molecule has 0 spiro atoms. The lowest BCUT2D eigenvalue weighted by Gasteiger charge is -2.17. The molecular weight excluding hydrogens is 182 g/mol. The molecule has 0 rings (SSSR count). The maximum Gasteiger partial charge on any atom is 0.169 e. The van der Waals surface area contributed by atoms with E-state index in [-0.39, 0.29) is 12.4 Å². The van der Waals surface area contributed by atoms with Crippen molar-refractivity contribution in [1.82, 2.24) is 5.32 Å². The van der Waals surface area contributed by atoms with E-state index >= 15 is 0 Å². The van der Waals surface area contributed by atoms with Crippen molar-refractivity contribution in [3.8, 4) is 0 Å². The van der Waals surface area contributed by atoms with E-state index in [0.29, 0.717) is 19.8 Å². The van der Waals surface area contributed by atoms with Crippen LogP contribution in [0.4, 0.5) is 0 Å². The Morgan fingerprint density at radius 1 is 1.21 bits per heavy atom. The third kappa shape index (κ3) is 8.44. The monoisotopic (exact) mass is 205 g/mol. The maximum atomic E-state index is 9.02.